The predicted octanol–water partition coefficient (Wildman–Crippen LogP) is 1.02. The Hall–Kier alpha value is -0.340. The molecule has 1 rings (SSSR count). The third-order valence-corrected chi connectivity index (χ3v) is 2.18. The number of aliphatic hydroxyl groups excluding tert-OH is 1. The first-order valence-corrected chi connectivity index (χ1v) is 4.32. The van der Waals surface area contributed by atoms with Crippen molar-refractivity contribution in [3.63, 3.8) is 0 Å². The molecule has 11 heavy (non-hydrogen) atoms. The van der Waals surface area contributed by atoms with Gasteiger partial charge in [0.05, 0.1) is 6.61 Å². The Morgan fingerprint density at radius 3 is 3.09 bits per heavy atom. The Morgan fingerprint density at radius 2 is 2.36 bits per heavy atom. The largest absolute Gasteiger partial charge is 0.395 e. The van der Waals surface area contributed by atoms with Crippen LogP contribution in [0.3, 0.4) is 0 Å². The number of hydrogen-bond acceptors (Lipinski definition) is 2. The van der Waals surface area contributed by atoms with Crippen LogP contribution in [0.25, 0.3) is 0 Å². The van der Waals surface area contributed by atoms with Gasteiger partial charge in [-0.05, 0) is 19.8 Å². The zero-order valence-corrected chi connectivity index (χ0v) is 7.21. The Bertz CT molecular complexity index is 142. The van der Waals surface area contributed by atoms with Crippen molar-refractivity contribution in [2.75, 3.05) is 26.2 Å². The summed E-state index contributed by atoms with van der Waals surface area (Å²) in [6, 6.07) is 0. The smallest absolute Gasteiger partial charge is 0.0558 e. The minimum atomic E-state index is 0.291. The van der Waals surface area contributed by atoms with E-state index in [0.29, 0.717) is 6.61 Å². The molecule has 0 fully saturated rings. The Kier molecular flexibility index (Phi) is 3.60. The molecule has 64 valence electrons. The number of rotatable bonds is 2. The van der Waals surface area contributed by atoms with Crippen molar-refractivity contribution >= 4 is 0 Å². The number of nitrogens with zero attached hydrogens (tertiary/aromatic N) is 1. The van der Waals surface area contributed by atoms with Gasteiger partial charge in [0.1, 0.15) is 0 Å². The topological polar surface area (TPSA) is 23.5 Å². The van der Waals surface area contributed by atoms with Gasteiger partial charge in [0, 0.05) is 19.6 Å². The van der Waals surface area contributed by atoms with Gasteiger partial charge in [-0.3, -0.25) is 0 Å². The van der Waals surface area contributed by atoms with Crippen LogP contribution in [-0.2, 0) is 0 Å². The van der Waals surface area contributed by atoms with Crippen LogP contribution in [0.15, 0.2) is 11.6 Å². The van der Waals surface area contributed by atoms with Crippen LogP contribution >= 0.6 is 0 Å². The summed E-state index contributed by atoms with van der Waals surface area (Å²) in [5.74, 6) is 0. The first-order valence-electron chi connectivity index (χ1n) is 4.32. The number of hydrogen-bond donors (Lipinski definition) is 1. The second kappa shape index (κ2) is 4.52. The van der Waals surface area contributed by atoms with E-state index in [-0.39, 0.29) is 0 Å². The zero-order chi connectivity index (χ0) is 8.10. The van der Waals surface area contributed by atoms with Crippen LogP contribution in [-0.4, -0.2) is 36.2 Å². The molecule has 0 saturated carbocycles. The third kappa shape index (κ3) is 3.04. The van der Waals surface area contributed by atoms with Crippen molar-refractivity contribution in [2.45, 2.75) is 19.8 Å². The first kappa shape index (κ1) is 8.75. The van der Waals surface area contributed by atoms with Gasteiger partial charge >= 0.3 is 0 Å². The SMILES string of the molecule is CC1=CCCN(CCO)CC1. The van der Waals surface area contributed by atoms with Gasteiger partial charge in [-0.1, -0.05) is 11.6 Å². The molecule has 1 aliphatic rings. The average Bonchev–Trinajstić information content (AvgIpc) is 2.17. The highest BCUT2D eigenvalue weighted by Gasteiger charge is 2.06. The fourth-order valence-corrected chi connectivity index (χ4v) is 1.41. The lowest BCUT2D eigenvalue weighted by molar-refractivity contribution is 0.201. The van der Waals surface area contributed by atoms with E-state index in [4.69, 9.17) is 5.11 Å². The molecule has 0 unspecified atom stereocenters. The predicted molar refractivity (Wildman–Crippen MR) is 46.5 cm³/mol. The van der Waals surface area contributed by atoms with E-state index in [2.05, 4.69) is 17.9 Å². The third-order valence-electron chi connectivity index (χ3n) is 2.18. The molecule has 0 aromatic carbocycles. The molecular formula is C9H17NO. The quantitative estimate of drug-likeness (QED) is 0.602. The highest BCUT2D eigenvalue weighted by Crippen LogP contribution is 2.08. The van der Waals surface area contributed by atoms with Crippen LogP contribution in [0, 0.1) is 0 Å². The molecule has 0 aromatic rings. The fraction of sp³-hybridized carbons (Fsp3) is 0.778. The van der Waals surface area contributed by atoms with E-state index in [1.165, 1.54) is 12.0 Å². The maximum Gasteiger partial charge on any atom is 0.0558 e. The van der Waals surface area contributed by atoms with Crippen LogP contribution in [0.4, 0.5) is 0 Å². The molecular weight excluding hydrogens is 138 g/mol. The molecule has 0 atom stereocenters. The maximum atomic E-state index is 8.72. The second-order valence-electron chi connectivity index (χ2n) is 3.15. The molecule has 0 radical (unpaired) electrons. The lowest BCUT2D eigenvalue weighted by Crippen LogP contribution is -2.27. The molecule has 2 nitrogen and oxygen atoms in total. The summed E-state index contributed by atoms with van der Waals surface area (Å²) in [6.07, 6.45) is 4.61. The van der Waals surface area contributed by atoms with Gasteiger partial charge in [0.15, 0.2) is 0 Å². The van der Waals surface area contributed by atoms with Crippen molar-refractivity contribution in [1.82, 2.24) is 4.90 Å². The molecule has 0 aliphatic carbocycles. The van der Waals surface area contributed by atoms with E-state index in [9.17, 15) is 0 Å². The summed E-state index contributed by atoms with van der Waals surface area (Å²) in [5, 5.41) is 8.72. The summed E-state index contributed by atoms with van der Waals surface area (Å²) >= 11 is 0. The van der Waals surface area contributed by atoms with E-state index in [0.717, 1.165) is 26.1 Å². The van der Waals surface area contributed by atoms with Gasteiger partial charge in [0.25, 0.3) is 0 Å². The van der Waals surface area contributed by atoms with Crippen LogP contribution in [0.1, 0.15) is 19.8 Å². The van der Waals surface area contributed by atoms with Crippen LogP contribution in [0.5, 0.6) is 0 Å². The van der Waals surface area contributed by atoms with Crippen molar-refractivity contribution in [1.29, 1.82) is 0 Å². The minimum absolute atomic E-state index is 0.291. The molecule has 2 heteroatoms. The standard InChI is InChI=1S/C9H17NO/c1-9-3-2-5-10(6-4-9)7-8-11/h3,11H,2,4-8H2,1H3. The van der Waals surface area contributed by atoms with Crippen LogP contribution < -0.4 is 0 Å². The molecule has 1 heterocycles. The Balaban J connectivity index is 2.29. The molecule has 0 saturated heterocycles. The molecule has 1 N–H and O–H groups in total. The van der Waals surface area contributed by atoms with Crippen molar-refractivity contribution < 1.29 is 5.11 Å². The highest BCUT2D eigenvalue weighted by molar-refractivity contribution is 5.00. The first-order chi connectivity index (χ1) is 5.33. The van der Waals surface area contributed by atoms with E-state index >= 15 is 0 Å². The normalized spacial score (nSPS) is 21.1. The Morgan fingerprint density at radius 1 is 1.55 bits per heavy atom. The monoisotopic (exact) mass is 155 g/mol. The molecule has 1 aliphatic heterocycles. The van der Waals surface area contributed by atoms with Gasteiger partial charge in [-0.2, -0.15) is 0 Å². The number of aliphatic hydroxyl groups is 1. The van der Waals surface area contributed by atoms with Gasteiger partial charge in [0.2, 0.25) is 0 Å². The van der Waals surface area contributed by atoms with Crippen molar-refractivity contribution in [3.05, 3.63) is 11.6 Å². The summed E-state index contributed by atoms with van der Waals surface area (Å²) in [7, 11) is 0. The summed E-state index contributed by atoms with van der Waals surface area (Å²) in [6.45, 7) is 5.53. The molecule has 0 spiro atoms. The lowest BCUT2D eigenvalue weighted by atomic mass is 10.2. The summed E-state index contributed by atoms with van der Waals surface area (Å²) in [4.78, 5) is 2.31. The Labute approximate surface area is 68.5 Å². The fourth-order valence-electron chi connectivity index (χ4n) is 1.41. The highest BCUT2D eigenvalue weighted by atomic mass is 16.3. The molecule has 0 bridgehead atoms. The van der Waals surface area contributed by atoms with Gasteiger partial charge in [-0.25, -0.2) is 0 Å². The second-order valence-corrected chi connectivity index (χ2v) is 3.15. The summed E-state index contributed by atoms with van der Waals surface area (Å²) in [5.41, 5.74) is 1.49. The van der Waals surface area contributed by atoms with E-state index < -0.39 is 0 Å². The van der Waals surface area contributed by atoms with Gasteiger partial charge < -0.3 is 10.0 Å². The van der Waals surface area contributed by atoms with Crippen molar-refractivity contribution in [2.24, 2.45) is 0 Å². The summed E-state index contributed by atoms with van der Waals surface area (Å²) < 4.78 is 0. The van der Waals surface area contributed by atoms with E-state index in [1.54, 1.807) is 0 Å². The van der Waals surface area contributed by atoms with Crippen LogP contribution in [0.2, 0.25) is 0 Å². The molecule has 0 aromatic heterocycles. The average molecular weight is 155 g/mol. The maximum absolute atomic E-state index is 8.72. The van der Waals surface area contributed by atoms with Crippen molar-refractivity contribution in [3.8, 4) is 0 Å². The molecule has 0 amide bonds. The van der Waals surface area contributed by atoms with Gasteiger partial charge in [-0.15, -0.1) is 0 Å². The number of β-amino-alcohol motifs (C(OH)–C–C–N with tert-alkyl or cyclic N) is 1. The van der Waals surface area contributed by atoms with E-state index in [1.807, 2.05) is 0 Å². The minimum Gasteiger partial charge on any atom is -0.395 e. The zero-order valence-electron chi connectivity index (χ0n) is 7.21. The lowest BCUT2D eigenvalue weighted by Gasteiger charge is -2.17.